The first kappa shape index (κ1) is 58.1. The summed E-state index contributed by atoms with van der Waals surface area (Å²) >= 11 is 3.92. The van der Waals surface area contributed by atoms with E-state index in [1.165, 1.54) is 44.9 Å². The Kier molecular flexibility index (Phi) is 40.3. The van der Waals surface area contributed by atoms with E-state index in [0.29, 0.717) is 19.4 Å². The molecule has 0 aromatic carbocycles. The smallest absolute Gasteiger partial charge is 0.326 e. The van der Waals surface area contributed by atoms with E-state index < -0.39 is 18.0 Å². The highest BCUT2D eigenvalue weighted by Gasteiger charge is 2.21. The Labute approximate surface area is 370 Å². The number of carbonyl (C=O) groups excluding carboxylic acids is 5. The van der Waals surface area contributed by atoms with Crippen molar-refractivity contribution in [1.82, 2.24) is 26.0 Å². The van der Waals surface area contributed by atoms with Gasteiger partial charge >= 0.3 is 11.9 Å². The van der Waals surface area contributed by atoms with Crippen LogP contribution in [0.5, 0.6) is 0 Å². The fourth-order valence-electron chi connectivity index (χ4n) is 5.94. The van der Waals surface area contributed by atoms with Gasteiger partial charge in [0.1, 0.15) is 19.3 Å². The number of thiol groups is 1. The van der Waals surface area contributed by atoms with Gasteiger partial charge in [-0.2, -0.15) is 0 Å². The minimum Gasteiger partial charge on any atom is -0.481 e. The van der Waals surface area contributed by atoms with Crippen molar-refractivity contribution in [3.8, 4) is 0 Å². The lowest BCUT2D eigenvalue weighted by molar-refractivity contribution is -0.142. The van der Waals surface area contributed by atoms with Crippen LogP contribution < -0.4 is 26.0 Å². The topological polar surface area (TPSA) is 257 Å². The Hall–Kier alpha value is -2.93. The zero-order valence-electron chi connectivity index (χ0n) is 36.2. The van der Waals surface area contributed by atoms with E-state index in [9.17, 15) is 38.7 Å². The summed E-state index contributed by atoms with van der Waals surface area (Å²) < 4.78 is 24.0. The van der Waals surface area contributed by atoms with E-state index in [2.05, 4.69) is 48.0 Å². The Morgan fingerprint density at radius 1 is 0.459 bits per heavy atom. The first-order valence-corrected chi connectivity index (χ1v) is 23.0. The molecule has 0 aliphatic heterocycles. The maximum Gasteiger partial charge on any atom is 0.326 e. The van der Waals surface area contributed by atoms with Gasteiger partial charge in [0.25, 0.3) is 0 Å². The molecular weight excluding hydrogens is 834 g/mol. The number of carboxylic acids is 2. The average Bonchev–Trinajstić information content (AvgIpc) is 3.22. The predicted octanol–water partition coefficient (Wildman–Crippen LogP) is 3.45. The number of carboxylic acid groups (broad SMARTS) is 2. The lowest BCUT2D eigenvalue weighted by Crippen LogP contribution is -2.41. The van der Waals surface area contributed by atoms with Gasteiger partial charge in [0.15, 0.2) is 5.52 Å². The normalized spacial score (nSPS) is 12.0. The molecule has 61 heavy (non-hydrogen) atoms. The fraction of sp³-hybridized carbons (Fsp3) is 0.829. The van der Waals surface area contributed by atoms with Crippen LogP contribution in [0.1, 0.15) is 135 Å². The Morgan fingerprint density at radius 2 is 0.902 bits per heavy atom. The van der Waals surface area contributed by atoms with E-state index in [-0.39, 0.29) is 127 Å². The molecule has 354 valence electrons. The highest BCUT2D eigenvalue weighted by Crippen LogP contribution is 2.14. The van der Waals surface area contributed by atoms with Crippen LogP contribution in [0.25, 0.3) is 0 Å². The summed E-state index contributed by atoms with van der Waals surface area (Å²) in [5.74, 6) is -3.15. The van der Waals surface area contributed by atoms with Crippen LogP contribution in [0.4, 0.5) is 0 Å². The standard InChI is InChI=1S/C41H76N5O13PS/c47-35(21-20-33(40(53)54)45-36(48)18-13-11-9-7-5-3-1-2-4-6-8-10-12-14-19-39(51)52)43-23-25-56-27-30-59-32-38(50)44-24-26-57-28-29-58-31-37(49)42-22-16-15-17-34(46-61)41(55)60/h33-34,46,61H,1-32,60H2,(H,42,49)(H,43,47)(H,44,50)(H,45,48)(H,51,52)(H,53,54). The molecule has 0 aliphatic rings. The zero-order valence-corrected chi connectivity index (χ0v) is 38.2. The van der Waals surface area contributed by atoms with Crippen molar-refractivity contribution >= 4 is 63.1 Å². The second-order valence-corrected chi connectivity index (χ2v) is 15.6. The molecule has 7 N–H and O–H groups in total. The molecule has 4 amide bonds. The summed E-state index contributed by atoms with van der Waals surface area (Å²) in [6.07, 6.45) is 17.6. The molecule has 0 saturated carbocycles. The number of rotatable bonds is 45. The number of carbonyl (C=O) groups is 7. The van der Waals surface area contributed by atoms with Crippen molar-refractivity contribution in [3.63, 3.8) is 0 Å². The summed E-state index contributed by atoms with van der Waals surface area (Å²) in [4.78, 5) is 81.7. The van der Waals surface area contributed by atoms with Gasteiger partial charge in [-0.3, -0.25) is 33.5 Å². The van der Waals surface area contributed by atoms with E-state index >= 15 is 0 Å². The van der Waals surface area contributed by atoms with Crippen molar-refractivity contribution < 1.29 is 62.7 Å². The predicted molar refractivity (Wildman–Crippen MR) is 237 cm³/mol. The maximum absolute atomic E-state index is 12.3. The van der Waals surface area contributed by atoms with Gasteiger partial charge in [0, 0.05) is 38.9 Å². The van der Waals surface area contributed by atoms with Gasteiger partial charge in [0.2, 0.25) is 23.6 Å². The molecule has 0 radical (unpaired) electrons. The number of amides is 4. The summed E-state index contributed by atoms with van der Waals surface area (Å²) in [7, 11) is 2.13. The van der Waals surface area contributed by atoms with Crippen LogP contribution in [0.3, 0.4) is 0 Å². The Morgan fingerprint density at radius 3 is 1.36 bits per heavy atom. The molecule has 0 aromatic rings. The lowest BCUT2D eigenvalue weighted by Gasteiger charge is -2.14. The van der Waals surface area contributed by atoms with Gasteiger partial charge < -0.3 is 50.4 Å². The maximum atomic E-state index is 12.3. The molecule has 0 aromatic heterocycles. The quantitative estimate of drug-likeness (QED) is 0.0248. The third-order valence-corrected chi connectivity index (χ3v) is 10.1. The van der Waals surface area contributed by atoms with Gasteiger partial charge in [-0.1, -0.05) is 99.1 Å². The number of aliphatic carboxylic acids is 2. The van der Waals surface area contributed by atoms with Crippen LogP contribution in [-0.4, -0.2) is 136 Å². The van der Waals surface area contributed by atoms with Crippen LogP contribution >= 0.6 is 22.1 Å². The average molecular weight is 910 g/mol. The van der Waals surface area contributed by atoms with Crippen molar-refractivity contribution in [2.45, 2.75) is 147 Å². The minimum atomic E-state index is -1.18. The van der Waals surface area contributed by atoms with Crippen LogP contribution in [0.2, 0.25) is 0 Å². The first-order valence-electron chi connectivity index (χ1n) is 22.0. The van der Waals surface area contributed by atoms with E-state index in [4.69, 9.17) is 24.1 Å². The van der Waals surface area contributed by atoms with Crippen molar-refractivity contribution in [2.24, 2.45) is 0 Å². The highest BCUT2D eigenvalue weighted by molar-refractivity contribution is 7.78. The SMILES string of the molecule is O=C(O)CCCCCCCCCCCCCCCCC(=O)NC(CCC(=O)NCCOCCOCC(=O)NCCOCCOCC(=O)NCCCCC(NS)C(=O)P)C(=O)O. The van der Waals surface area contributed by atoms with Crippen molar-refractivity contribution in [2.75, 3.05) is 72.5 Å². The van der Waals surface area contributed by atoms with E-state index in [0.717, 1.165) is 51.4 Å². The molecule has 0 rings (SSSR count). The molecule has 0 heterocycles. The number of hydrogen-bond donors (Lipinski definition) is 8. The van der Waals surface area contributed by atoms with Crippen molar-refractivity contribution in [3.05, 3.63) is 0 Å². The van der Waals surface area contributed by atoms with Gasteiger partial charge in [0.05, 0.1) is 45.7 Å². The van der Waals surface area contributed by atoms with E-state index in [1.54, 1.807) is 0 Å². The highest BCUT2D eigenvalue weighted by atomic mass is 32.1. The molecular formula is C41H76N5O13PS. The lowest BCUT2D eigenvalue weighted by atomic mass is 10.0. The monoisotopic (exact) mass is 909 g/mol. The fourth-order valence-corrected chi connectivity index (χ4v) is 6.59. The number of ether oxygens (including phenoxy) is 4. The van der Waals surface area contributed by atoms with Gasteiger partial charge in [-0.25, -0.2) is 4.79 Å². The molecule has 0 saturated heterocycles. The molecule has 0 bridgehead atoms. The minimum absolute atomic E-state index is 0.0276. The molecule has 3 unspecified atom stereocenters. The third-order valence-electron chi connectivity index (χ3n) is 9.43. The summed E-state index contributed by atoms with van der Waals surface area (Å²) in [5.41, 5.74) is -0.0583. The molecule has 0 spiro atoms. The molecule has 3 atom stereocenters. The van der Waals surface area contributed by atoms with E-state index in [1.807, 2.05) is 0 Å². The Balaban J connectivity index is 3.65. The van der Waals surface area contributed by atoms with Crippen LogP contribution in [0.15, 0.2) is 0 Å². The second-order valence-electron chi connectivity index (χ2n) is 14.8. The number of unbranched alkanes of at least 4 members (excludes halogenated alkanes) is 14. The molecule has 18 nitrogen and oxygen atoms in total. The summed E-state index contributed by atoms with van der Waals surface area (Å²) in [5, 5.41) is 28.7. The largest absolute Gasteiger partial charge is 0.481 e. The molecule has 0 fully saturated rings. The molecule has 20 heteroatoms. The van der Waals surface area contributed by atoms with Gasteiger partial charge in [-0.15, -0.1) is 0 Å². The zero-order chi connectivity index (χ0) is 45.2. The van der Waals surface area contributed by atoms with Crippen LogP contribution in [-0.2, 0) is 52.5 Å². The number of hydrogen-bond acceptors (Lipinski definition) is 13. The van der Waals surface area contributed by atoms with Gasteiger partial charge in [-0.05, 0) is 38.5 Å². The second kappa shape index (κ2) is 42.4. The van der Waals surface area contributed by atoms with Crippen molar-refractivity contribution in [1.29, 1.82) is 0 Å². The third kappa shape index (κ3) is 40.9. The summed E-state index contributed by atoms with van der Waals surface area (Å²) in [6, 6.07) is -1.47. The first-order chi connectivity index (χ1) is 29.5. The summed E-state index contributed by atoms with van der Waals surface area (Å²) in [6.45, 7) is 2.01. The van der Waals surface area contributed by atoms with Crippen LogP contribution in [0, 0.1) is 0 Å². The Bertz CT molecular complexity index is 1210. The molecule has 0 aliphatic carbocycles. The number of nitrogens with one attached hydrogen (secondary N) is 5.